The molecule has 0 radical (unpaired) electrons. The Morgan fingerprint density at radius 3 is 2.76 bits per heavy atom. The van der Waals surface area contributed by atoms with E-state index in [2.05, 4.69) is 11.4 Å². The van der Waals surface area contributed by atoms with Crippen molar-refractivity contribution in [1.82, 2.24) is 10.2 Å². The highest BCUT2D eigenvalue weighted by Crippen LogP contribution is 2.24. The zero-order chi connectivity index (χ0) is 20.6. The summed E-state index contributed by atoms with van der Waals surface area (Å²) < 4.78 is 10.8. The summed E-state index contributed by atoms with van der Waals surface area (Å²) in [4.78, 5) is 26.8. The van der Waals surface area contributed by atoms with E-state index in [-0.39, 0.29) is 11.8 Å². The van der Waals surface area contributed by atoms with Gasteiger partial charge in [0.05, 0.1) is 19.3 Å². The number of benzene rings is 2. The summed E-state index contributed by atoms with van der Waals surface area (Å²) in [6.07, 6.45) is 1.87. The molecule has 0 spiro atoms. The molecule has 29 heavy (non-hydrogen) atoms. The van der Waals surface area contributed by atoms with E-state index in [1.165, 1.54) is 5.56 Å². The molecule has 0 bridgehead atoms. The van der Waals surface area contributed by atoms with Crippen LogP contribution in [0, 0.1) is 0 Å². The van der Waals surface area contributed by atoms with Crippen LogP contribution in [0.15, 0.2) is 42.5 Å². The minimum Gasteiger partial charge on any atom is -0.497 e. The van der Waals surface area contributed by atoms with Gasteiger partial charge in [-0.2, -0.15) is 0 Å². The molecule has 0 fully saturated rings. The van der Waals surface area contributed by atoms with Gasteiger partial charge >= 0.3 is 0 Å². The first kappa shape index (κ1) is 20.7. The van der Waals surface area contributed by atoms with Gasteiger partial charge in [0.15, 0.2) is 0 Å². The molecular formula is C23H28N2O4. The SMILES string of the molecule is CCOc1ccccc1C(=O)NCCCC(=O)N1CCc2ccc(OC)cc2C1. The molecule has 1 N–H and O–H groups in total. The highest BCUT2D eigenvalue weighted by molar-refractivity contribution is 5.96. The predicted octanol–water partition coefficient (Wildman–Crippen LogP) is 3.19. The summed E-state index contributed by atoms with van der Waals surface area (Å²) in [6.45, 7) is 4.17. The summed E-state index contributed by atoms with van der Waals surface area (Å²) in [5, 5.41) is 2.88. The van der Waals surface area contributed by atoms with Crippen LogP contribution in [0.5, 0.6) is 11.5 Å². The van der Waals surface area contributed by atoms with E-state index < -0.39 is 0 Å². The number of nitrogens with one attached hydrogen (secondary N) is 1. The monoisotopic (exact) mass is 396 g/mol. The molecule has 1 heterocycles. The van der Waals surface area contributed by atoms with Gasteiger partial charge < -0.3 is 19.7 Å². The Morgan fingerprint density at radius 1 is 1.14 bits per heavy atom. The van der Waals surface area contributed by atoms with Crippen LogP contribution >= 0.6 is 0 Å². The van der Waals surface area contributed by atoms with Crippen LogP contribution in [0.3, 0.4) is 0 Å². The summed E-state index contributed by atoms with van der Waals surface area (Å²) in [7, 11) is 1.65. The fraction of sp³-hybridized carbons (Fsp3) is 0.391. The first-order valence-corrected chi connectivity index (χ1v) is 10.1. The van der Waals surface area contributed by atoms with E-state index in [4.69, 9.17) is 9.47 Å². The molecule has 0 atom stereocenters. The van der Waals surface area contributed by atoms with E-state index in [9.17, 15) is 9.59 Å². The van der Waals surface area contributed by atoms with Gasteiger partial charge in [-0.3, -0.25) is 9.59 Å². The Balaban J connectivity index is 1.46. The van der Waals surface area contributed by atoms with Crippen LogP contribution < -0.4 is 14.8 Å². The van der Waals surface area contributed by atoms with E-state index in [1.54, 1.807) is 19.2 Å². The Morgan fingerprint density at radius 2 is 1.97 bits per heavy atom. The minimum atomic E-state index is -0.180. The van der Waals surface area contributed by atoms with Gasteiger partial charge in [-0.05, 0) is 55.2 Å². The molecule has 6 nitrogen and oxygen atoms in total. The number of nitrogens with zero attached hydrogens (tertiary/aromatic N) is 1. The minimum absolute atomic E-state index is 0.113. The number of fused-ring (bicyclic) bond motifs is 1. The molecule has 0 unspecified atom stereocenters. The average Bonchev–Trinajstić information content (AvgIpc) is 2.76. The van der Waals surface area contributed by atoms with Crippen molar-refractivity contribution in [2.75, 3.05) is 26.8 Å². The molecule has 0 saturated heterocycles. The molecular weight excluding hydrogens is 368 g/mol. The molecule has 3 rings (SSSR count). The standard InChI is InChI=1S/C23H28N2O4/c1-3-29-21-8-5-4-7-20(21)23(27)24-13-6-9-22(26)25-14-12-17-10-11-19(28-2)15-18(17)16-25/h4-5,7-8,10-11,15H,3,6,9,12-14,16H2,1-2H3,(H,24,27). The van der Waals surface area contributed by atoms with E-state index in [1.807, 2.05) is 36.1 Å². The van der Waals surface area contributed by atoms with Crippen LogP contribution in [0.25, 0.3) is 0 Å². The molecule has 1 aliphatic heterocycles. The Kier molecular flexibility index (Phi) is 7.11. The lowest BCUT2D eigenvalue weighted by atomic mass is 9.99. The van der Waals surface area contributed by atoms with Crippen LogP contribution in [0.1, 0.15) is 41.3 Å². The zero-order valence-electron chi connectivity index (χ0n) is 17.1. The van der Waals surface area contributed by atoms with Crippen molar-refractivity contribution < 1.29 is 19.1 Å². The number of hydrogen-bond donors (Lipinski definition) is 1. The summed E-state index contributed by atoms with van der Waals surface area (Å²) in [5.74, 6) is 1.32. The number of methoxy groups -OCH3 is 1. The van der Waals surface area contributed by atoms with Crippen molar-refractivity contribution in [3.63, 3.8) is 0 Å². The van der Waals surface area contributed by atoms with E-state index in [0.29, 0.717) is 43.9 Å². The Labute approximate surface area is 171 Å². The third-order valence-electron chi connectivity index (χ3n) is 5.06. The lowest BCUT2D eigenvalue weighted by Crippen LogP contribution is -2.36. The van der Waals surface area contributed by atoms with Gasteiger partial charge in [-0.15, -0.1) is 0 Å². The van der Waals surface area contributed by atoms with Crippen molar-refractivity contribution in [2.45, 2.75) is 32.7 Å². The first-order chi connectivity index (χ1) is 14.1. The zero-order valence-corrected chi connectivity index (χ0v) is 17.1. The number of ether oxygens (including phenoxy) is 2. The second kappa shape index (κ2) is 9.96. The Bertz CT molecular complexity index is 866. The number of carbonyl (C=O) groups excluding carboxylic acids is 2. The van der Waals surface area contributed by atoms with Gasteiger partial charge in [0.2, 0.25) is 5.91 Å². The third kappa shape index (κ3) is 5.28. The molecule has 2 amide bonds. The third-order valence-corrected chi connectivity index (χ3v) is 5.06. The molecule has 0 aromatic heterocycles. The molecule has 0 aliphatic carbocycles. The van der Waals surface area contributed by atoms with Crippen LogP contribution in [0.2, 0.25) is 0 Å². The fourth-order valence-electron chi connectivity index (χ4n) is 3.50. The summed E-state index contributed by atoms with van der Waals surface area (Å²) >= 11 is 0. The predicted molar refractivity (Wildman–Crippen MR) is 111 cm³/mol. The first-order valence-electron chi connectivity index (χ1n) is 10.1. The quantitative estimate of drug-likeness (QED) is 0.696. The molecule has 2 aromatic rings. The van der Waals surface area contributed by atoms with Crippen molar-refractivity contribution in [3.05, 3.63) is 59.2 Å². The number of hydrogen-bond acceptors (Lipinski definition) is 4. The molecule has 2 aromatic carbocycles. The molecule has 6 heteroatoms. The highest BCUT2D eigenvalue weighted by Gasteiger charge is 2.21. The molecule has 1 aliphatic rings. The van der Waals surface area contributed by atoms with Crippen molar-refractivity contribution in [2.24, 2.45) is 0 Å². The van der Waals surface area contributed by atoms with Crippen molar-refractivity contribution in [3.8, 4) is 11.5 Å². The van der Waals surface area contributed by atoms with Gasteiger partial charge in [0.1, 0.15) is 11.5 Å². The van der Waals surface area contributed by atoms with Crippen LogP contribution in [-0.4, -0.2) is 43.5 Å². The molecule has 154 valence electrons. The second-order valence-corrected chi connectivity index (χ2v) is 6.99. The number of rotatable bonds is 8. The topological polar surface area (TPSA) is 67.9 Å². The maximum absolute atomic E-state index is 12.6. The summed E-state index contributed by atoms with van der Waals surface area (Å²) in [6, 6.07) is 13.2. The largest absolute Gasteiger partial charge is 0.497 e. The average molecular weight is 396 g/mol. The highest BCUT2D eigenvalue weighted by atomic mass is 16.5. The maximum atomic E-state index is 12.6. The van der Waals surface area contributed by atoms with E-state index >= 15 is 0 Å². The van der Waals surface area contributed by atoms with Gasteiger partial charge in [-0.25, -0.2) is 0 Å². The number of amides is 2. The maximum Gasteiger partial charge on any atom is 0.255 e. The lowest BCUT2D eigenvalue weighted by molar-refractivity contribution is -0.132. The second-order valence-electron chi connectivity index (χ2n) is 6.99. The van der Waals surface area contributed by atoms with E-state index in [0.717, 1.165) is 24.3 Å². The van der Waals surface area contributed by atoms with Gasteiger partial charge in [-0.1, -0.05) is 18.2 Å². The Hall–Kier alpha value is -3.02. The van der Waals surface area contributed by atoms with Crippen LogP contribution in [0.4, 0.5) is 0 Å². The van der Waals surface area contributed by atoms with Crippen molar-refractivity contribution >= 4 is 11.8 Å². The number of carbonyl (C=O) groups is 2. The number of para-hydroxylation sites is 1. The molecule has 0 saturated carbocycles. The van der Waals surface area contributed by atoms with Crippen LogP contribution in [-0.2, 0) is 17.8 Å². The fourth-order valence-corrected chi connectivity index (χ4v) is 3.50. The smallest absolute Gasteiger partial charge is 0.255 e. The lowest BCUT2D eigenvalue weighted by Gasteiger charge is -2.29. The summed E-state index contributed by atoms with van der Waals surface area (Å²) in [5.41, 5.74) is 2.93. The normalized spacial score (nSPS) is 12.8. The van der Waals surface area contributed by atoms with Gasteiger partial charge in [0, 0.05) is 26.1 Å². The van der Waals surface area contributed by atoms with Gasteiger partial charge in [0.25, 0.3) is 5.91 Å². The van der Waals surface area contributed by atoms with Crippen molar-refractivity contribution in [1.29, 1.82) is 0 Å².